The van der Waals surface area contributed by atoms with Gasteiger partial charge >= 0.3 is 6.18 Å². The summed E-state index contributed by atoms with van der Waals surface area (Å²) in [5.41, 5.74) is 1.33. The van der Waals surface area contributed by atoms with E-state index in [1.807, 2.05) is 0 Å². The van der Waals surface area contributed by atoms with Crippen LogP contribution >= 0.6 is 0 Å². The van der Waals surface area contributed by atoms with Crippen molar-refractivity contribution in [2.24, 2.45) is 5.84 Å². The smallest absolute Gasteiger partial charge is 0.419 e. The van der Waals surface area contributed by atoms with Crippen molar-refractivity contribution < 1.29 is 22.0 Å². The molecular weight excluding hydrogens is 276 g/mol. The topological polar surface area (TPSA) is 51.2 Å². The molecule has 0 aliphatic heterocycles. The van der Waals surface area contributed by atoms with Gasteiger partial charge in [0.25, 0.3) is 0 Å². The van der Waals surface area contributed by atoms with Crippen molar-refractivity contribution in [3.8, 4) is 0 Å². The molecule has 1 heterocycles. The minimum absolute atomic E-state index is 0.234. The summed E-state index contributed by atoms with van der Waals surface area (Å²) in [7, 11) is 0. The Hall–Kier alpha value is -1.86. The minimum atomic E-state index is -4.75. The van der Waals surface area contributed by atoms with Gasteiger partial charge in [-0.25, -0.2) is 4.39 Å². The Morgan fingerprint density at radius 2 is 2.00 bits per heavy atom. The molecule has 7 heteroatoms. The summed E-state index contributed by atoms with van der Waals surface area (Å²) in [6, 6.07) is 5.53. The number of alkyl halides is 3. The zero-order valence-corrected chi connectivity index (χ0v) is 10.2. The molecule has 0 radical (unpaired) electrons. The SMILES string of the molecule is NNC(Cc1ccco1)c1ccc(F)c(C(F)(F)F)c1. The van der Waals surface area contributed by atoms with E-state index in [2.05, 4.69) is 5.43 Å². The third-order valence-electron chi connectivity index (χ3n) is 2.88. The van der Waals surface area contributed by atoms with Crippen LogP contribution in [0.25, 0.3) is 0 Å². The maximum atomic E-state index is 13.2. The standard InChI is InChI=1S/C13H12F4N2O/c14-11-4-3-8(6-10(11)13(15,16)17)12(19-18)7-9-2-1-5-20-9/h1-6,12,19H,7,18H2. The molecular formula is C13H12F4N2O. The molecule has 20 heavy (non-hydrogen) atoms. The molecule has 0 spiro atoms. The van der Waals surface area contributed by atoms with Gasteiger partial charge in [0.15, 0.2) is 0 Å². The van der Waals surface area contributed by atoms with Crippen molar-refractivity contribution in [1.82, 2.24) is 5.43 Å². The van der Waals surface area contributed by atoms with Crippen LogP contribution in [-0.2, 0) is 12.6 Å². The van der Waals surface area contributed by atoms with Gasteiger partial charge in [-0.1, -0.05) is 6.07 Å². The first-order chi connectivity index (χ1) is 9.41. The van der Waals surface area contributed by atoms with Crippen molar-refractivity contribution in [1.29, 1.82) is 0 Å². The van der Waals surface area contributed by atoms with Crippen LogP contribution in [0, 0.1) is 5.82 Å². The highest BCUT2D eigenvalue weighted by molar-refractivity contribution is 5.30. The summed E-state index contributed by atoms with van der Waals surface area (Å²) >= 11 is 0. The zero-order valence-electron chi connectivity index (χ0n) is 10.2. The van der Waals surface area contributed by atoms with E-state index in [1.165, 1.54) is 12.3 Å². The first-order valence-corrected chi connectivity index (χ1v) is 5.77. The summed E-state index contributed by atoms with van der Waals surface area (Å²) in [5.74, 6) is 4.60. The molecule has 0 amide bonds. The average Bonchev–Trinajstić information content (AvgIpc) is 2.88. The predicted octanol–water partition coefficient (Wildman–Crippen LogP) is 3.18. The van der Waals surface area contributed by atoms with Crippen LogP contribution in [0.15, 0.2) is 41.0 Å². The Balaban J connectivity index is 2.30. The monoisotopic (exact) mass is 288 g/mol. The molecule has 0 saturated heterocycles. The zero-order chi connectivity index (χ0) is 14.8. The summed E-state index contributed by atoms with van der Waals surface area (Å²) in [4.78, 5) is 0. The van der Waals surface area contributed by atoms with E-state index in [9.17, 15) is 17.6 Å². The third kappa shape index (κ3) is 3.17. The molecule has 0 bridgehead atoms. The van der Waals surface area contributed by atoms with Crippen molar-refractivity contribution in [2.75, 3.05) is 0 Å². The van der Waals surface area contributed by atoms with Gasteiger partial charge in [0.05, 0.1) is 17.9 Å². The second kappa shape index (κ2) is 5.64. The quantitative estimate of drug-likeness (QED) is 0.516. The number of furan rings is 1. The molecule has 108 valence electrons. The third-order valence-corrected chi connectivity index (χ3v) is 2.88. The molecule has 2 aromatic rings. The molecule has 3 nitrogen and oxygen atoms in total. The van der Waals surface area contributed by atoms with Crippen molar-refractivity contribution in [3.05, 3.63) is 59.3 Å². The molecule has 3 N–H and O–H groups in total. The van der Waals surface area contributed by atoms with E-state index in [4.69, 9.17) is 10.3 Å². The number of nitrogens with two attached hydrogens (primary N) is 1. The van der Waals surface area contributed by atoms with Crippen LogP contribution in [0.1, 0.15) is 22.9 Å². The average molecular weight is 288 g/mol. The highest BCUT2D eigenvalue weighted by atomic mass is 19.4. The van der Waals surface area contributed by atoms with Crippen LogP contribution in [0.3, 0.4) is 0 Å². The van der Waals surface area contributed by atoms with E-state index >= 15 is 0 Å². The first kappa shape index (κ1) is 14.5. The molecule has 1 unspecified atom stereocenters. The number of nitrogens with one attached hydrogen (secondary N) is 1. The van der Waals surface area contributed by atoms with Gasteiger partial charge in [0.2, 0.25) is 0 Å². The van der Waals surface area contributed by atoms with Crippen LogP contribution in [-0.4, -0.2) is 0 Å². The van der Waals surface area contributed by atoms with Gasteiger partial charge in [0.1, 0.15) is 11.6 Å². The lowest BCUT2D eigenvalue weighted by molar-refractivity contribution is -0.140. The van der Waals surface area contributed by atoms with Crippen molar-refractivity contribution in [2.45, 2.75) is 18.6 Å². The second-order valence-corrected chi connectivity index (χ2v) is 4.24. The van der Waals surface area contributed by atoms with E-state index in [-0.39, 0.29) is 12.0 Å². The molecule has 2 rings (SSSR count). The van der Waals surface area contributed by atoms with E-state index in [0.717, 1.165) is 12.1 Å². The fourth-order valence-corrected chi connectivity index (χ4v) is 1.88. The van der Waals surface area contributed by atoms with Gasteiger partial charge < -0.3 is 4.42 Å². The van der Waals surface area contributed by atoms with Crippen molar-refractivity contribution >= 4 is 0 Å². The minimum Gasteiger partial charge on any atom is -0.469 e. The summed E-state index contributed by atoms with van der Waals surface area (Å²) < 4.78 is 56.3. The normalized spacial score (nSPS) is 13.4. The van der Waals surface area contributed by atoms with Gasteiger partial charge in [-0.05, 0) is 29.8 Å². The Labute approximate surface area is 112 Å². The Morgan fingerprint density at radius 1 is 1.25 bits per heavy atom. The van der Waals surface area contributed by atoms with E-state index < -0.39 is 23.6 Å². The van der Waals surface area contributed by atoms with Gasteiger partial charge in [-0.2, -0.15) is 13.2 Å². The Morgan fingerprint density at radius 3 is 2.55 bits per heavy atom. The lowest BCUT2D eigenvalue weighted by atomic mass is 10.00. The molecule has 0 aliphatic carbocycles. The predicted molar refractivity (Wildman–Crippen MR) is 63.9 cm³/mol. The van der Waals surface area contributed by atoms with E-state index in [1.54, 1.807) is 12.1 Å². The lowest BCUT2D eigenvalue weighted by Crippen LogP contribution is -2.29. The fraction of sp³-hybridized carbons (Fsp3) is 0.231. The molecule has 1 aromatic carbocycles. The highest BCUT2D eigenvalue weighted by Gasteiger charge is 2.34. The maximum absolute atomic E-state index is 13.2. The second-order valence-electron chi connectivity index (χ2n) is 4.24. The van der Waals surface area contributed by atoms with E-state index in [0.29, 0.717) is 5.76 Å². The Bertz CT molecular complexity index is 566. The molecule has 1 aromatic heterocycles. The van der Waals surface area contributed by atoms with Gasteiger partial charge in [-0.3, -0.25) is 11.3 Å². The first-order valence-electron chi connectivity index (χ1n) is 5.77. The highest BCUT2D eigenvalue weighted by Crippen LogP contribution is 2.33. The molecule has 0 saturated carbocycles. The molecule has 0 fully saturated rings. The number of hydrogen-bond acceptors (Lipinski definition) is 3. The van der Waals surface area contributed by atoms with Crippen LogP contribution in [0.5, 0.6) is 0 Å². The summed E-state index contributed by atoms with van der Waals surface area (Å²) in [6.07, 6.45) is -3.04. The summed E-state index contributed by atoms with van der Waals surface area (Å²) in [5, 5.41) is 0. The maximum Gasteiger partial charge on any atom is 0.419 e. The summed E-state index contributed by atoms with van der Waals surface area (Å²) in [6.45, 7) is 0. The van der Waals surface area contributed by atoms with Crippen LogP contribution in [0.4, 0.5) is 17.6 Å². The number of benzene rings is 1. The number of halogens is 4. The number of rotatable bonds is 4. The van der Waals surface area contributed by atoms with Gasteiger partial charge in [-0.15, -0.1) is 0 Å². The Kier molecular flexibility index (Phi) is 4.10. The van der Waals surface area contributed by atoms with Crippen LogP contribution in [0.2, 0.25) is 0 Å². The fourth-order valence-electron chi connectivity index (χ4n) is 1.88. The largest absolute Gasteiger partial charge is 0.469 e. The van der Waals surface area contributed by atoms with Crippen molar-refractivity contribution in [3.63, 3.8) is 0 Å². The molecule has 0 aliphatic rings. The molecule has 1 atom stereocenters. The van der Waals surface area contributed by atoms with Gasteiger partial charge in [0, 0.05) is 6.42 Å². The lowest BCUT2D eigenvalue weighted by Gasteiger charge is -2.17. The number of hydrazine groups is 1. The van der Waals surface area contributed by atoms with Crippen LogP contribution < -0.4 is 11.3 Å². The number of hydrogen-bond donors (Lipinski definition) is 2.